The van der Waals surface area contributed by atoms with Gasteiger partial charge in [0.05, 0.1) is 20.3 Å². The first-order chi connectivity index (χ1) is 5.75. The quantitative estimate of drug-likeness (QED) is 0.621. The van der Waals surface area contributed by atoms with Gasteiger partial charge in [-0.15, -0.1) is 11.8 Å². The molecular weight excluding hydrogens is 176 g/mol. The zero-order valence-electron chi connectivity index (χ0n) is 7.46. The first-order valence-electron chi connectivity index (χ1n) is 4.05. The summed E-state index contributed by atoms with van der Waals surface area (Å²) in [6, 6.07) is 0. The van der Waals surface area contributed by atoms with Crippen LogP contribution in [0.1, 0.15) is 13.3 Å². The molecule has 0 amide bonds. The van der Waals surface area contributed by atoms with Crippen LogP contribution in [0.3, 0.4) is 0 Å². The predicted octanol–water partition coefficient (Wildman–Crippen LogP) is 1.07. The van der Waals surface area contributed by atoms with Gasteiger partial charge >= 0.3 is 5.97 Å². The average Bonchev–Trinajstić information content (AvgIpc) is 2.02. The Bertz CT molecular complexity index is 166. The molecule has 0 spiro atoms. The molecule has 4 heteroatoms. The first kappa shape index (κ1) is 9.86. The maximum absolute atomic E-state index is 11.3. The van der Waals surface area contributed by atoms with Crippen molar-refractivity contribution in [3.8, 4) is 0 Å². The molecule has 0 atom stereocenters. The van der Waals surface area contributed by atoms with Crippen LogP contribution in [0.5, 0.6) is 0 Å². The van der Waals surface area contributed by atoms with Crippen LogP contribution in [-0.4, -0.2) is 36.8 Å². The number of ether oxygens (including phenoxy) is 2. The number of thioether (sulfide) groups is 1. The van der Waals surface area contributed by atoms with Crippen LogP contribution in [0, 0.1) is 0 Å². The van der Waals surface area contributed by atoms with Gasteiger partial charge < -0.3 is 9.47 Å². The van der Waals surface area contributed by atoms with E-state index in [4.69, 9.17) is 9.47 Å². The SMILES string of the molecule is CCCSC1(C(=O)OC)COC1. The van der Waals surface area contributed by atoms with Crippen LogP contribution < -0.4 is 0 Å². The summed E-state index contributed by atoms with van der Waals surface area (Å²) in [6.45, 7) is 3.10. The Kier molecular flexibility index (Phi) is 3.40. The van der Waals surface area contributed by atoms with E-state index in [1.54, 1.807) is 11.8 Å². The highest BCUT2D eigenvalue weighted by Gasteiger charge is 2.47. The lowest BCUT2D eigenvalue weighted by molar-refractivity contribution is -0.155. The van der Waals surface area contributed by atoms with Crippen molar-refractivity contribution in [1.29, 1.82) is 0 Å². The van der Waals surface area contributed by atoms with E-state index in [0.29, 0.717) is 13.2 Å². The van der Waals surface area contributed by atoms with Crippen LogP contribution in [0.25, 0.3) is 0 Å². The molecule has 0 unspecified atom stereocenters. The van der Waals surface area contributed by atoms with Gasteiger partial charge in [0.2, 0.25) is 0 Å². The van der Waals surface area contributed by atoms with Crippen molar-refractivity contribution >= 4 is 17.7 Å². The molecule has 0 aromatic heterocycles. The van der Waals surface area contributed by atoms with Gasteiger partial charge in [-0.1, -0.05) is 6.92 Å². The van der Waals surface area contributed by atoms with E-state index in [0.717, 1.165) is 12.2 Å². The molecule has 0 saturated carbocycles. The van der Waals surface area contributed by atoms with Gasteiger partial charge in [0, 0.05) is 0 Å². The van der Waals surface area contributed by atoms with Crippen molar-refractivity contribution in [2.75, 3.05) is 26.1 Å². The minimum atomic E-state index is -0.384. The Morgan fingerprint density at radius 2 is 2.33 bits per heavy atom. The standard InChI is InChI=1S/C8H14O3S/c1-3-4-12-8(5-11-6-8)7(9)10-2/h3-6H2,1-2H3. The molecule has 1 fully saturated rings. The lowest BCUT2D eigenvalue weighted by Gasteiger charge is -2.37. The fourth-order valence-corrected chi connectivity index (χ4v) is 2.16. The molecule has 3 nitrogen and oxygen atoms in total. The van der Waals surface area contributed by atoms with Crippen molar-refractivity contribution < 1.29 is 14.3 Å². The van der Waals surface area contributed by atoms with E-state index >= 15 is 0 Å². The van der Waals surface area contributed by atoms with E-state index in [2.05, 4.69) is 6.92 Å². The molecule has 0 bridgehead atoms. The van der Waals surface area contributed by atoms with E-state index in [9.17, 15) is 4.79 Å². The van der Waals surface area contributed by atoms with E-state index in [1.807, 2.05) is 0 Å². The van der Waals surface area contributed by atoms with Gasteiger partial charge in [0.15, 0.2) is 4.75 Å². The highest BCUT2D eigenvalue weighted by molar-refractivity contribution is 8.01. The summed E-state index contributed by atoms with van der Waals surface area (Å²) in [5.74, 6) is 0.838. The number of esters is 1. The van der Waals surface area contributed by atoms with Crippen molar-refractivity contribution in [3.05, 3.63) is 0 Å². The average molecular weight is 190 g/mol. The number of rotatable bonds is 4. The first-order valence-corrected chi connectivity index (χ1v) is 5.04. The second-order valence-electron chi connectivity index (χ2n) is 2.83. The molecule has 70 valence electrons. The zero-order chi connectivity index (χ0) is 9.03. The topological polar surface area (TPSA) is 35.5 Å². The third-order valence-electron chi connectivity index (χ3n) is 1.81. The zero-order valence-corrected chi connectivity index (χ0v) is 8.28. The van der Waals surface area contributed by atoms with Crippen LogP contribution in [0.15, 0.2) is 0 Å². The van der Waals surface area contributed by atoms with Gasteiger partial charge in [0.25, 0.3) is 0 Å². The second kappa shape index (κ2) is 4.14. The van der Waals surface area contributed by atoms with Gasteiger partial charge in [0.1, 0.15) is 0 Å². The molecule has 12 heavy (non-hydrogen) atoms. The van der Waals surface area contributed by atoms with Crippen molar-refractivity contribution in [3.63, 3.8) is 0 Å². The minimum Gasteiger partial charge on any atom is -0.468 e. The van der Waals surface area contributed by atoms with E-state index < -0.39 is 0 Å². The molecule has 1 saturated heterocycles. The molecule has 1 heterocycles. The number of hydrogen-bond donors (Lipinski definition) is 0. The third kappa shape index (κ3) is 1.75. The van der Waals surface area contributed by atoms with Crippen molar-refractivity contribution in [2.24, 2.45) is 0 Å². The fourth-order valence-electron chi connectivity index (χ4n) is 1.03. The lowest BCUT2D eigenvalue weighted by Crippen LogP contribution is -2.54. The molecule has 0 aromatic carbocycles. The molecule has 0 radical (unpaired) electrons. The minimum absolute atomic E-state index is 0.146. The smallest absolute Gasteiger partial charge is 0.326 e. The van der Waals surface area contributed by atoms with Gasteiger partial charge in [-0.05, 0) is 12.2 Å². The van der Waals surface area contributed by atoms with Crippen LogP contribution in [0.4, 0.5) is 0 Å². The second-order valence-corrected chi connectivity index (χ2v) is 4.31. The fraction of sp³-hybridized carbons (Fsp3) is 0.875. The highest BCUT2D eigenvalue weighted by atomic mass is 32.2. The Balaban J connectivity index is 2.44. The van der Waals surface area contributed by atoms with Crippen LogP contribution >= 0.6 is 11.8 Å². The maximum atomic E-state index is 11.3. The molecular formula is C8H14O3S. The summed E-state index contributed by atoms with van der Waals surface area (Å²) in [5.41, 5.74) is 0. The molecule has 0 aliphatic carbocycles. The van der Waals surface area contributed by atoms with E-state index in [1.165, 1.54) is 7.11 Å². The number of methoxy groups -OCH3 is 1. The number of carbonyl (C=O) groups is 1. The van der Waals surface area contributed by atoms with Gasteiger partial charge in [-0.25, -0.2) is 0 Å². The third-order valence-corrected chi connectivity index (χ3v) is 3.38. The summed E-state index contributed by atoms with van der Waals surface area (Å²) in [6.07, 6.45) is 1.07. The summed E-state index contributed by atoms with van der Waals surface area (Å²) in [5, 5.41) is 0. The largest absolute Gasteiger partial charge is 0.468 e. The lowest BCUT2D eigenvalue weighted by atomic mass is 10.1. The Hall–Kier alpha value is -0.220. The highest BCUT2D eigenvalue weighted by Crippen LogP contribution is 2.34. The molecule has 1 rings (SSSR count). The maximum Gasteiger partial charge on any atom is 0.326 e. The molecule has 1 aliphatic heterocycles. The van der Waals surface area contributed by atoms with Crippen LogP contribution in [-0.2, 0) is 14.3 Å². The van der Waals surface area contributed by atoms with Gasteiger partial charge in [-0.2, -0.15) is 0 Å². The van der Waals surface area contributed by atoms with Gasteiger partial charge in [-0.3, -0.25) is 4.79 Å². The molecule has 0 aromatic rings. The number of carbonyl (C=O) groups excluding carboxylic acids is 1. The summed E-state index contributed by atoms with van der Waals surface area (Å²) < 4.78 is 9.37. The van der Waals surface area contributed by atoms with Crippen molar-refractivity contribution in [1.82, 2.24) is 0 Å². The monoisotopic (exact) mass is 190 g/mol. The summed E-state index contributed by atoms with van der Waals surface area (Å²) >= 11 is 1.64. The molecule has 0 N–H and O–H groups in total. The Morgan fingerprint density at radius 1 is 1.67 bits per heavy atom. The van der Waals surface area contributed by atoms with Crippen LogP contribution in [0.2, 0.25) is 0 Å². The van der Waals surface area contributed by atoms with Crippen molar-refractivity contribution in [2.45, 2.75) is 18.1 Å². The Morgan fingerprint density at radius 3 is 2.67 bits per heavy atom. The van der Waals surface area contributed by atoms with E-state index in [-0.39, 0.29) is 10.7 Å². The molecule has 1 aliphatic rings. The Labute approximate surface area is 76.8 Å². The normalized spacial score (nSPS) is 19.8. The summed E-state index contributed by atoms with van der Waals surface area (Å²) in [7, 11) is 1.43. The summed E-state index contributed by atoms with van der Waals surface area (Å²) in [4.78, 5) is 11.3. The number of hydrogen-bond acceptors (Lipinski definition) is 4. The predicted molar refractivity (Wildman–Crippen MR) is 48.3 cm³/mol.